The molecule has 2 N–H and O–H groups in total. The second kappa shape index (κ2) is 9.94. The Hall–Kier alpha value is -2.38. The van der Waals surface area contributed by atoms with Crippen LogP contribution < -0.4 is 10.1 Å². The maximum Gasteiger partial charge on any atom is 0.305 e. The largest absolute Gasteiger partial charge is 0.493 e. The summed E-state index contributed by atoms with van der Waals surface area (Å²) >= 11 is 4.41. The summed E-state index contributed by atoms with van der Waals surface area (Å²) in [5.74, 6) is -0.841. The van der Waals surface area contributed by atoms with Crippen LogP contribution in [0.2, 0.25) is 0 Å². The molecule has 1 amide bonds. The topological polar surface area (TPSA) is 124 Å². The number of ether oxygens (including phenoxy) is 1. The molecular formula is C16H15BrN4O4S. The van der Waals surface area contributed by atoms with Crippen LogP contribution in [0.25, 0.3) is 0 Å². The number of benzene rings is 1. The van der Waals surface area contributed by atoms with Gasteiger partial charge in [-0.05, 0) is 24.6 Å². The highest BCUT2D eigenvalue weighted by atomic mass is 79.9. The zero-order chi connectivity index (χ0) is 18.9. The lowest BCUT2D eigenvalue weighted by molar-refractivity contribution is -0.138. The van der Waals surface area contributed by atoms with Crippen LogP contribution in [0.15, 0.2) is 32.9 Å². The molecule has 10 heteroatoms. The summed E-state index contributed by atoms with van der Waals surface area (Å²) in [6.45, 7) is 0.410. The van der Waals surface area contributed by atoms with Crippen molar-refractivity contribution < 1.29 is 19.4 Å². The van der Waals surface area contributed by atoms with Gasteiger partial charge in [0.1, 0.15) is 11.0 Å². The van der Waals surface area contributed by atoms with Crippen LogP contribution in [0.3, 0.4) is 0 Å². The van der Waals surface area contributed by atoms with E-state index in [0.29, 0.717) is 30.8 Å². The molecule has 1 fully saturated rings. The fourth-order valence-electron chi connectivity index (χ4n) is 1.97. The molecule has 0 spiro atoms. The second-order valence-corrected chi connectivity index (χ2v) is 7.24. The summed E-state index contributed by atoms with van der Waals surface area (Å²) in [6, 6.07) is 7.46. The highest BCUT2D eigenvalue weighted by molar-refractivity contribution is 9.10. The van der Waals surface area contributed by atoms with E-state index < -0.39 is 17.1 Å². The van der Waals surface area contributed by atoms with Gasteiger partial charge in [0.05, 0.1) is 25.3 Å². The number of aliphatic carboxylic acids is 1. The third-order valence-electron chi connectivity index (χ3n) is 3.14. The predicted molar refractivity (Wildman–Crippen MR) is 101 cm³/mol. The predicted octanol–water partition coefficient (Wildman–Crippen LogP) is 2.53. The number of carbonyl (C=O) groups is 2. The maximum absolute atomic E-state index is 11.6. The molecule has 1 aliphatic heterocycles. The quantitative estimate of drug-likeness (QED) is 0.365. The Balaban J connectivity index is 2.03. The van der Waals surface area contributed by atoms with E-state index in [1.54, 1.807) is 12.1 Å². The molecule has 0 radical (unpaired) electrons. The summed E-state index contributed by atoms with van der Waals surface area (Å²) in [5.41, 5.74) is 0.678. The van der Waals surface area contributed by atoms with Gasteiger partial charge in [-0.3, -0.25) is 9.59 Å². The van der Waals surface area contributed by atoms with E-state index in [2.05, 4.69) is 37.5 Å². The van der Waals surface area contributed by atoms with Crippen molar-refractivity contribution >= 4 is 51.0 Å². The number of thioether (sulfide) groups is 1. The molecule has 0 aliphatic carbocycles. The smallest absolute Gasteiger partial charge is 0.305 e. The first-order valence-electron chi connectivity index (χ1n) is 7.59. The van der Waals surface area contributed by atoms with Crippen LogP contribution >= 0.6 is 27.7 Å². The van der Waals surface area contributed by atoms with E-state index in [9.17, 15) is 9.59 Å². The van der Waals surface area contributed by atoms with Crippen molar-refractivity contribution in [3.05, 3.63) is 28.2 Å². The molecule has 1 aromatic rings. The fourth-order valence-corrected chi connectivity index (χ4v) is 3.27. The summed E-state index contributed by atoms with van der Waals surface area (Å²) in [6.07, 6.45) is 2.25. The number of carboxylic acids is 1. The summed E-state index contributed by atoms with van der Waals surface area (Å²) < 4.78 is 6.48. The van der Waals surface area contributed by atoms with Gasteiger partial charge in [-0.15, -0.1) is 5.10 Å². The molecular weight excluding hydrogens is 424 g/mol. The minimum atomic E-state index is -1.05. The van der Waals surface area contributed by atoms with Crippen LogP contribution in [0.4, 0.5) is 0 Å². The Morgan fingerprint density at radius 2 is 2.35 bits per heavy atom. The number of amidine groups is 1. The van der Waals surface area contributed by atoms with Crippen molar-refractivity contribution in [3.8, 4) is 11.8 Å². The summed E-state index contributed by atoms with van der Waals surface area (Å²) in [7, 11) is 0. The molecule has 136 valence electrons. The van der Waals surface area contributed by atoms with Gasteiger partial charge in [0, 0.05) is 16.5 Å². The number of nitriles is 1. The van der Waals surface area contributed by atoms with Crippen molar-refractivity contribution in [2.45, 2.75) is 24.5 Å². The van der Waals surface area contributed by atoms with Crippen LogP contribution in [0.1, 0.15) is 24.8 Å². The summed E-state index contributed by atoms with van der Waals surface area (Å²) in [5, 5.41) is 27.2. The van der Waals surface area contributed by atoms with Gasteiger partial charge in [0.2, 0.25) is 5.91 Å². The number of halogens is 1. The lowest BCUT2D eigenvalue weighted by Crippen LogP contribution is -2.26. The fraction of sp³-hybridized carbons (Fsp3) is 0.312. The molecule has 1 atom stereocenters. The van der Waals surface area contributed by atoms with Crippen molar-refractivity contribution in [1.82, 2.24) is 5.32 Å². The lowest BCUT2D eigenvalue weighted by Gasteiger charge is -2.08. The van der Waals surface area contributed by atoms with Gasteiger partial charge in [-0.25, -0.2) is 0 Å². The number of hydrogen-bond acceptors (Lipinski definition) is 7. The molecule has 0 bridgehead atoms. The number of nitrogens with one attached hydrogen (secondary N) is 1. The highest BCUT2D eigenvalue weighted by Gasteiger charge is 2.32. The van der Waals surface area contributed by atoms with Gasteiger partial charge >= 0.3 is 5.97 Å². The second-order valence-electron chi connectivity index (χ2n) is 5.14. The van der Waals surface area contributed by atoms with Crippen LogP contribution in [0, 0.1) is 11.3 Å². The van der Waals surface area contributed by atoms with E-state index in [0.717, 1.165) is 16.2 Å². The molecule has 1 saturated heterocycles. The average Bonchev–Trinajstić information content (AvgIpc) is 2.92. The van der Waals surface area contributed by atoms with Crippen molar-refractivity contribution in [2.75, 3.05) is 6.61 Å². The first-order valence-corrected chi connectivity index (χ1v) is 9.26. The van der Waals surface area contributed by atoms with Crippen LogP contribution in [-0.4, -0.2) is 40.2 Å². The molecule has 0 saturated carbocycles. The maximum atomic E-state index is 11.6. The van der Waals surface area contributed by atoms with Crippen molar-refractivity contribution in [2.24, 2.45) is 10.2 Å². The molecule has 8 nitrogen and oxygen atoms in total. The van der Waals surface area contributed by atoms with E-state index in [1.165, 1.54) is 6.21 Å². The lowest BCUT2D eigenvalue weighted by atomic mass is 10.2. The monoisotopic (exact) mass is 438 g/mol. The zero-order valence-electron chi connectivity index (χ0n) is 13.5. The first-order chi connectivity index (χ1) is 12.5. The van der Waals surface area contributed by atoms with Gasteiger partial charge in [0.15, 0.2) is 5.17 Å². The number of carboxylic acid groups (broad SMARTS) is 1. The van der Waals surface area contributed by atoms with E-state index in [1.807, 2.05) is 6.07 Å². The molecule has 26 heavy (non-hydrogen) atoms. The van der Waals surface area contributed by atoms with Crippen molar-refractivity contribution in [3.63, 3.8) is 0 Å². The van der Waals surface area contributed by atoms with Gasteiger partial charge < -0.3 is 15.2 Å². The Labute approximate surface area is 162 Å². The Morgan fingerprint density at radius 1 is 1.54 bits per heavy atom. The Kier molecular flexibility index (Phi) is 7.62. The van der Waals surface area contributed by atoms with Gasteiger partial charge in [-0.1, -0.05) is 27.7 Å². The number of unbranched alkanes of at least 4 members (excludes halogenated alkanes) is 1. The van der Waals surface area contributed by atoms with E-state index in [-0.39, 0.29) is 11.6 Å². The Bertz CT molecular complexity index is 791. The first kappa shape index (κ1) is 19.9. The number of hydrogen-bond donors (Lipinski definition) is 2. The SMILES string of the molecule is N#CCCCOc1ccc(Br)cc1C=NN=C1NC(=O)C(CC(=O)O)S1. The van der Waals surface area contributed by atoms with E-state index >= 15 is 0 Å². The molecule has 1 aromatic carbocycles. The minimum absolute atomic E-state index is 0.254. The molecule has 1 unspecified atom stereocenters. The number of nitrogens with zero attached hydrogens (tertiary/aromatic N) is 3. The summed E-state index contributed by atoms with van der Waals surface area (Å²) in [4.78, 5) is 22.4. The zero-order valence-corrected chi connectivity index (χ0v) is 15.9. The molecule has 0 aromatic heterocycles. The van der Waals surface area contributed by atoms with Gasteiger partial charge in [0.25, 0.3) is 0 Å². The Morgan fingerprint density at radius 3 is 3.08 bits per heavy atom. The van der Waals surface area contributed by atoms with Gasteiger partial charge in [-0.2, -0.15) is 10.4 Å². The highest BCUT2D eigenvalue weighted by Crippen LogP contribution is 2.24. The molecule has 1 heterocycles. The standard InChI is InChI=1S/C16H15BrN4O4S/c17-11-3-4-12(25-6-2-1-5-18)10(7-11)9-19-21-16-20-15(24)13(26-16)8-14(22)23/h3-4,7,9,13H,1-2,6,8H2,(H,22,23)(H,20,21,24). The third-order valence-corrected chi connectivity index (χ3v) is 4.71. The number of rotatable bonds is 8. The van der Waals surface area contributed by atoms with Crippen LogP contribution in [0.5, 0.6) is 5.75 Å². The number of amides is 1. The van der Waals surface area contributed by atoms with Crippen LogP contribution in [-0.2, 0) is 9.59 Å². The number of carbonyl (C=O) groups excluding carboxylic acids is 1. The minimum Gasteiger partial charge on any atom is -0.493 e. The molecule has 2 rings (SSSR count). The average molecular weight is 439 g/mol. The normalized spacial score (nSPS) is 18.1. The van der Waals surface area contributed by atoms with Crippen molar-refractivity contribution in [1.29, 1.82) is 5.26 Å². The molecule has 1 aliphatic rings. The van der Waals surface area contributed by atoms with E-state index in [4.69, 9.17) is 15.1 Å². The third kappa shape index (κ3) is 6.16.